The fourth-order valence-electron chi connectivity index (χ4n) is 3.07. The Morgan fingerprint density at radius 1 is 1.42 bits per heavy atom. The zero-order chi connectivity index (χ0) is 13.8. The second kappa shape index (κ2) is 6.42. The number of aliphatic hydroxyl groups is 1. The van der Waals surface area contributed by atoms with E-state index in [-0.39, 0.29) is 6.04 Å². The standard InChI is InChI=1S/C15H26N2O2/c1-11(2)17-15(14(19-3)10-16-17)13(18)9-8-12-6-4-5-7-12/h10-13,18H,4-9H2,1-3H3. The minimum atomic E-state index is -0.472. The predicted molar refractivity (Wildman–Crippen MR) is 75.3 cm³/mol. The highest BCUT2D eigenvalue weighted by atomic mass is 16.5. The molecule has 1 N–H and O–H groups in total. The van der Waals surface area contributed by atoms with Gasteiger partial charge in [-0.05, 0) is 32.6 Å². The molecule has 2 rings (SSSR count). The Labute approximate surface area is 115 Å². The summed E-state index contributed by atoms with van der Waals surface area (Å²) >= 11 is 0. The van der Waals surface area contributed by atoms with Crippen LogP contribution in [0.1, 0.15) is 70.2 Å². The van der Waals surface area contributed by atoms with Crippen LogP contribution in [-0.2, 0) is 0 Å². The van der Waals surface area contributed by atoms with Gasteiger partial charge in [0, 0.05) is 6.04 Å². The molecule has 1 heterocycles. The number of hydrogen-bond acceptors (Lipinski definition) is 3. The van der Waals surface area contributed by atoms with Crippen molar-refractivity contribution in [2.75, 3.05) is 7.11 Å². The molecule has 0 bridgehead atoms. The van der Waals surface area contributed by atoms with Gasteiger partial charge in [0.2, 0.25) is 0 Å². The molecule has 19 heavy (non-hydrogen) atoms. The van der Waals surface area contributed by atoms with E-state index in [1.165, 1.54) is 25.7 Å². The first-order chi connectivity index (χ1) is 9.13. The molecular formula is C15H26N2O2. The van der Waals surface area contributed by atoms with E-state index in [9.17, 15) is 5.11 Å². The second-order valence-electron chi connectivity index (χ2n) is 5.88. The quantitative estimate of drug-likeness (QED) is 0.857. The molecule has 4 nitrogen and oxygen atoms in total. The fourth-order valence-corrected chi connectivity index (χ4v) is 3.07. The van der Waals surface area contributed by atoms with E-state index in [1.54, 1.807) is 13.3 Å². The molecule has 0 amide bonds. The molecule has 4 heteroatoms. The summed E-state index contributed by atoms with van der Waals surface area (Å²) in [6.45, 7) is 4.14. The van der Waals surface area contributed by atoms with Crippen molar-refractivity contribution in [3.05, 3.63) is 11.9 Å². The summed E-state index contributed by atoms with van der Waals surface area (Å²) in [6.07, 6.45) is 8.50. The molecule has 0 aliphatic heterocycles. The van der Waals surface area contributed by atoms with E-state index in [0.29, 0.717) is 5.75 Å². The molecule has 1 atom stereocenters. The summed E-state index contributed by atoms with van der Waals surface area (Å²) in [5.74, 6) is 1.50. The third kappa shape index (κ3) is 3.30. The lowest BCUT2D eigenvalue weighted by molar-refractivity contribution is 0.141. The number of methoxy groups -OCH3 is 1. The van der Waals surface area contributed by atoms with Crippen molar-refractivity contribution in [2.24, 2.45) is 5.92 Å². The Balaban J connectivity index is 2.03. The molecule has 1 aliphatic carbocycles. The molecular weight excluding hydrogens is 240 g/mol. The van der Waals surface area contributed by atoms with Crippen LogP contribution >= 0.6 is 0 Å². The first kappa shape index (κ1) is 14.4. The smallest absolute Gasteiger partial charge is 0.162 e. The monoisotopic (exact) mass is 266 g/mol. The van der Waals surface area contributed by atoms with Gasteiger partial charge in [0.05, 0.1) is 19.4 Å². The number of rotatable bonds is 6. The first-order valence-electron chi connectivity index (χ1n) is 7.43. The number of hydrogen-bond donors (Lipinski definition) is 1. The summed E-state index contributed by atoms with van der Waals surface area (Å²) in [4.78, 5) is 0. The maximum Gasteiger partial charge on any atom is 0.162 e. The number of aliphatic hydroxyl groups excluding tert-OH is 1. The SMILES string of the molecule is COc1cnn(C(C)C)c1C(O)CCC1CCCC1. The van der Waals surface area contributed by atoms with Crippen molar-refractivity contribution in [2.45, 2.75) is 64.5 Å². The van der Waals surface area contributed by atoms with Crippen molar-refractivity contribution >= 4 is 0 Å². The van der Waals surface area contributed by atoms with E-state index in [1.807, 2.05) is 4.68 Å². The van der Waals surface area contributed by atoms with Crippen molar-refractivity contribution in [3.8, 4) is 5.75 Å². The Hall–Kier alpha value is -1.03. The number of ether oxygens (including phenoxy) is 1. The Morgan fingerprint density at radius 3 is 2.68 bits per heavy atom. The van der Waals surface area contributed by atoms with Gasteiger partial charge in [-0.2, -0.15) is 5.10 Å². The van der Waals surface area contributed by atoms with Crippen LogP contribution in [0.25, 0.3) is 0 Å². The lowest BCUT2D eigenvalue weighted by Crippen LogP contribution is -2.13. The molecule has 1 aliphatic rings. The minimum Gasteiger partial charge on any atom is -0.493 e. The molecule has 0 saturated heterocycles. The summed E-state index contributed by atoms with van der Waals surface area (Å²) in [7, 11) is 1.63. The molecule has 1 unspecified atom stereocenters. The third-order valence-corrected chi connectivity index (χ3v) is 4.15. The average Bonchev–Trinajstić information content (AvgIpc) is 3.04. The van der Waals surface area contributed by atoms with Crippen molar-refractivity contribution in [3.63, 3.8) is 0 Å². The number of nitrogens with zero attached hydrogens (tertiary/aromatic N) is 2. The summed E-state index contributed by atoms with van der Waals surface area (Å²) in [5.41, 5.74) is 0.829. The summed E-state index contributed by atoms with van der Waals surface area (Å²) < 4.78 is 7.20. The molecule has 1 saturated carbocycles. The maximum absolute atomic E-state index is 10.5. The van der Waals surface area contributed by atoms with Crippen LogP contribution in [0, 0.1) is 5.92 Å². The van der Waals surface area contributed by atoms with Gasteiger partial charge in [0.15, 0.2) is 5.75 Å². The molecule has 0 radical (unpaired) electrons. The largest absolute Gasteiger partial charge is 0.493 e. The summed E-state index contributed by atoms with van der Waals surface area (Å²) in [5, 5.41) is 14.8. The average molecular weight is 266 g/mol. The van der Waals surface area contributed by atoms with Crippen LogP contribution < -0.4 is 4.74 Å². The molecule has 0 spiro atoms. The van der Waals surface area contributed by atoms with Crippen LogP contribution in [0.15, 0.2) is 6.20 Å². The third-order valence-electron chi connectivity index (χ3n) is 4.15. The van der Waals surface area contributed by atoms with E-state index in [4.69, 9.17) is 4.74 Å². The van der Waals surface area contributed by atoms with Gasteiger partial charge in [0.1, 0.15) is 5.69 Å². The van der Waals surface area contributed by atoms with Gasteiger partial charge in [-0.25, -0.2) is 0 Å². The lowest BCUT2D eigenvalue weighted by Gasteiger charge is -2.18. The van der Waals surface area contributed by atoms with Crippen molar-refractivity contribution in [1.29, 1.82) is 0 Å². The van der Waals surface area contributed by atoms with E-state index in [0.717, 1.165) is 24.5 Å². The van der Waals surface area contributed by atoms with Crippen LogP contribution in [0.3, 0.4) is 0 Å². The normalized spacial score (nSPS) is 18.2. The minimum absolute atomic E-state index is 0.236. The highest BCUT2D eigenvalue weighted by Crippen LogP contribution is 2.34. The van der Waals surface area contributed by atoms with Crippen molar-refractivity contribution in [1.82, 2.24) is 9.78 Å². The van der Waals surface area contributed by atoms with Gasteiger partial charge in [-0.3, -0.25) is 4.68 Å². The summed E-state index contributed by atoms with van der Waals surface area (Å²) in [6, 6.07) is 0.236. The van der Waals surface area contributed by atoms with Gasteiger partial charge < -0.3 is 9.84 Å². The Kier molecular flexibility index (Phi) is 4.86. The van der Waals surface area contributed by atoms with E-state index >= 15 is 0 Å². The molecule has 0 aromatic carbocycles. The molecule has 1 fully saturated rings. The zero-order valence-corrected chi connectivity index (χ0v) is 12.3. The second-order valence-corrected chi connectivity index (χ2v) is 5.88. The predicted octanol–water partition coefficient (Wildman–Crippen LogP) is 3.48. The van der Waals surface area contributed by atoms with E-state index in [2.05, 4.69) is 18.9 Å². The lowest BCUT2D eigenvalue weighted by atomic mass is 9.98. The van der Waals surface area contributed by atoms with Crippen molar-refractivity contribution < 1.29 is 9.84 Å². The topological polar surface area (TPSA) is 47.3 Å². The van der Waals surface area contributed by atoms with E-state index < -0.39 is 6.10 Å². The molecule has 1 aromatic rings. The van der Waals surface area contributed by atoms with Crippen LogP contribution in [0.2, 0.25) is 0 Å². The fraction of sp³-hybridized carbons (Fsp3) is 0.800. The number of aromatic nitrogens is 2. The Morgan fingerprint density at radius 2 is 2.11 bits per heavy atom. The van der Waals surface area contributed by atoms with Crippen LogP contribution in [0.5, 0.6) is 5.75 Å². The Bertz CT molecular complexity index is 395. The van der Waals surface area contributed by atoms with Crippen LogP contribution in [0.4, 0.5) is 0 Å². The highest BCUT2D eigenvalue weighted by Gasteiger charge is 2.23. The van der Waals surface area contributed by atoms with Crippen LogP contribution in [-0.4, -0.2) is 22.0 Å². The zero-order valence-electron chi connectivity index (χ0n) is 12.3. The first-order valence-corrected chi connectivity index (χ1v) is 7.43. The molecule has 1 aromatic heterocycles. The van der Waals surface area contributed by atoms with Gasteiger partial charge in [0.25, 0.3) is 0 Å². The molecule has 108 valence electrons. The van der Waals surface area contributed by atoms with Gasteiger partial charge in [-0.15, -0.1) is 0 Å². The van der Waals surface area contributed by atoms with Gasteiger partial charge in [-0.1, -0.05) is 25.7 Å². The highest BCUT2D eigenvalue weighted by molar-refractivity contribution is 5.27. The van der Waals surface area contributed by atoms with Gasteiger partial charge >= 0.3 is 0 Å². The maximum atomic E-state index is 10.5.